The molecule has 0 atom stereocenters. The lowest BCUT2D eigenvalue weighted by Crippen LogP contribution is -2.40. The second-order valence-electron chi connectivity index (χ2n) is 11.2. The molecule has 1 fully saturated rings. The molecule has 1 aliphatic heterocycles. The Morgan fingerprint density at radius 2 is 1.79 bits per heavy atom. The average molecular weight is 562 g/mol. The molecule has 0 radical (unpaired) electrons. The van der Waals surface area contributed by atoms with E-state index >= 15 is 0 Å². The van der Waals surface area contributed by atoms with Crippen LogP contribution in [0.3, 0.4) is 0 Å². The highest BCUT2D eigenvalue weighted by Gasteiger charge is 2.41. The SMILES string of the molecule is Cc1nccc(Sc2ccc3nc(N4CCC5(CC4)Cc4ccc(P(C)(C)=O)cc4C5)c4cnc2n34)c1Cl. The van der Waals surface area contributed by atoms with E-state index in [1.54, 1.807) is 18.0 Å². The van der Waals surface area contributed by atoms with Crippen molar-refractivity contribution in [3.63, 3.8) is 0 Å². The van der Waals surface area contributed by atoms with Crippen LogP contribution in [0.1, 0.15) is 29.7 Å². The first-order chi connectivity index (χ1) is 18.2. The van der Waals surface area contributed by atoms with Crippen molar-refractivity contribution in [2.24, 2.45) is 5.41 Å². The maximum absolute atomic E-state index is 12.6. The maximum Gasteiger partial charge on any atom is 0.157 e. The number of halogens is 1. The van der Waals surface area contributed by atoms with Crippen molar-refractivity contribution >= 4 is 58.4 Å². The minimum absolute atomic E-state index is 0.299. The van der Waals surface area contributed by atoms with Gasteiger partial charge in [0.25, 0.3) is 0 Å². The Morgan fingerprint density at radius 3 is 2.58 bits per heavy atom. The van der Waals surface area contributed by atoms with Crippen molar-refractivity contribution in [2.45, 2.75) is 42.4 Å². The number of hydrogen-bond donors (Lipinski definition) is 0. The molecule has 4 aromatic heterocycles. The number of imidazole rings is 2. The summed E-state index contributed by atoms with van der Waals surface area (Å²) in [6, 6.07) is 12.6. The molecule has 0 unspecified atom stereocenters. The molecular formula is C29H29ClN5OPS. The van der Waals surface area contributed by atoms with Crippen LogP contribution >= 0.6 is 30.5 Å². The van der Waals surface area contributed by atoms with E-state index in [4.69, 9.17) is 21.6 Å². The van der Waals surface area contributed by atoms with Gasteiger partial charge in [-0.05, 0) is 86.7 Å². The lowest BCUT2D eigenvalue weighted by Gasteiger charge is -2.39. The van der Waals surface area contributed by atoms with Crippen molar-refractivity contribution in [1.29, 1.82) is 0 Å². The summed E-state index contributed by atoms with van der Waals surface area (Å²) in [4.78, 5) is 18.6. The van der Waals surface area contributed by atoms with E-state index in [2.05, 4.69) is 44.6 Å². The first kappa shape index (κ1) is 24.4. The Balaban J connectivity index is 1.13. The van der Waals surface area contributed by atoms with Crippen LogP contribution in [0.2, 0.25) is 5.02 Å². The van der Waals surface area contributed by atoms with Crippen molar-refractivity contribution in [3.05, 3.63) is 70.6 Å². The highest BCUT2D eigenvalue weighted by Crippen LogP contribution is 2.47. The fourth-order valence-electron chi connectivity index (χ4n) is 6.20. The summed E-state index contributed by atoms with van der Waals surface area (Å²) in [7, 11) is -2.24. The molecule has 0 N–H and O–H groups in total. The van der Waals surface area contributed by atoms with E-state index < -0.39 is 7.14 Å². The minimum atomic E-state index is -2.24. The number of nitrogens with zero attached hydrogens (tertiary/aromatic N) is 5. The van der Waals surface area contributed by atoms with Crippen LogP contribution in [0.25, 0.3) is 16.8 Å². The van der Waals surface area contributed by atoms with Crippen LogP contribution in [0.4, 0.5) is 5.82 Å². The minimum Gasteiger partial charge on any atom is -0.355 e. The summed E-state index contributed by atoms with van der Waals surface area (Å²) in [5.41, 5.74) is 6.86. The van der Waals surface area contributed by atoms with Gasteiger partial charge in [0, 0.05) is 29.5 Å². The van der Waals surface area contributed by atoms with E-state index in [-0.39, 0.29) is 0 Å². The molecule has 9 heteroatoms. The summed E-state index contributed by atoms with van der Waals surface area (Å²) < 4.78 is 14.8. The van der Waals surface area contributed by atoms with Gasteiger partial charge >= 0.3 is 0 Å². The molecule has 38 heavy (non-hydrogen) atoms. The van der Waals surface area contributed by atoms with Gasteiger partial charge in [-0.25, -0.2) is 9.97 Å². The van der Waals surface area contributed by atoms with E-state index in [0.717, 1.165) is 82.2 Å². The molecule has 5 aromatic rings. The Hall–Kier alpha value is -2.60. The van der Waals surface area contributed by atoms with Crippen LogP contribution in [0, 0.1) is 12.3 Å². The van der Waals surface area contributed by atoms with Gasteiger partial charge in [-0.15, -0.1) is 0 Å². The zero-order valence-corrected chi connectivity index (χ0v) is 24.2. The van der Waals surface area contributed by atoms with Gasteiger partial charge in [-0.2, -0.15) is 0 Å². The third kappa shape index (κ3) is 3.93. The monoisotopic (exact) mass is 561 g/mol. The fraction of sp³-hybridized carbons (Fsp3) is 0.345. The van der Waals surface area contributed by atoms with Gasteiger partial charge in [0.2, 0.25) is 0 Å². The number of aromatic nitrogens is 4. The largest absolute Gasteiger partial charge is 0.355 e. The molecule has 0 amide bonds. The van der Waals surface area contributed by atoms with Crippen LogP contribution in [-0.4, -0.2) is 45.8 Å². The second-order valence-corrected chi connectivity index (χ2v) is 15.9. The van der Waals surface area contributed by atoms with Gasteiger partial charge in [-0.1, -0.05) is 35.5 Å². The molecule has 1 aliphatic carbocycles. The number of anilines is 1. The van der Waals surface area contributed by atoms with Gasteiger partial charge < -0.3 is 9.46 Å². The number of fused-ring (bicyclic) bond motifs is 1. The van der Waals surface area contributed by atoms with E-state index in [1.807, 2.05) is 32.5 Å². The first-order valence-electron chi connectivity index (χ1n) is 13.0. The zero-order valence-electron chi connectivity index (χ0n) is 21.7. The van der Waals surface area contributed by atoms with Crippen LogP contribution in [-0.2, 0) is 17.4 Å². The number of rotatable bonds is 4. The molecule has 6 nitrogen and oxygen atoms in total. The first-order valence-corrected chi connectivity index (χ1v) is 16.8. The standard InChI is InChI=1S/C29H29ClN5OPS/c1-18-26(30)23(8-11-31-18)38-24-6-7-25-33-27(22-17-32-28(24)35(22)25)34-12-9-29(10-13-34)15-19-4-5-21(37(2,3)36)14-20(19)16-29/h4-8,11,14,17H,9-10,12-13,15-16H2,1-3H3. The van der Waals surface area contributed by atoms with Gasteiger partial charge in [0.05, 0.1) is 21.8 Å². The Bertz CT molecular complexity index is 1750. The van der Waals surface area contributed by atoms with Crippen molar-refractivity contribution in [2.75, 3.05) is 31.3 Å². The number of pyridine rings is 2. The molecule has 7 rings (SSSR count). The lowest BCUT2D eigenvalue weighted by molar-refractivity contribution is 0.232. The molecule has 5 heterocycles. The molecule has 1 saturated heterocycles. The summed E-state index contributed by atoms with van der Waals surface area (Å²) in [5.74, 6) is 1.03. The van der Waals surface area contributed by atoms with E-state index in [9.17, 15) is 4.57 Å². The molecule has 0 bridgehead atoms. The highest BCUT2D eigenvalue weighted by atomic mass is 35.5. The molecular weight excluding hydrogens is 533 g/mol. The normalized spacial score (nSPS) is 17.2. The topological polar surface area (TPSA) is 63.4 Å². The van der Waals surface area contributed by atoms with Crippen LogP contribution < -0.4 is 10.2 Å². The summed E-state index contributed by atoms with van der Waals surface area (Å²) in [6.07, 6.45) is 8.22. The number of hydrogen-bond acceptors (Lipinski definition) is 6. The van der Waals surface area contributed by atoms with E-state index in [1.165, 1.54) is 11.1 Å². The molecule has 1 spiro atoms. The summed E-state index contributed by atoms with van der Waals surface area (Å²) >= 11 is 8.14. The van der Waals surface area contributed by atoms with Crippen molar-refractivity contribution in [3.8, 4) is 0 Å². The number of benzene rings is 1. The Kier molecular flexibility index (Phi) is 5.60. The van der Waals surface area contributed by atoms with Crippen LogP contribution in [0.5, 0.6) is 0 Å². The fourth-order valence-corrected chi connectivity index (χ4v) is 8.31. The number of piperidine rings is 1. The number of aryl methyl sites for hydroxylation is 1. The predicted molar refractivity (Wildman–Crippen MR) is 157 cm³/mol. The third-order valence-electron chi connectivity index (χ3n) is 8.36. The maximum atomic E-state index is 12.6. The third-order valence-corrected chi connectivity index (χ3v) is 11.6. The zero-order chi connectivity index (χ0) is 26.2. The van der Waals surface area contributed by atoms with E-state index in [0.29, 0.717) is 10.4 Å². The molecule has 2 aliphatic rings. The molecule has 1 aromatic carbocycles. The molecule has 0 saturated carbocycles. The second kappa shape index (κ2) is 8.70. The van der Waals surface area contributed by atoms with Gasteiger partial charge in [-0.3, -0.25) is 9.38 Å². The summed E-state index contributed by atoms with van der Waals surface area (Å²) in [6.45, 7) is 7.61. The van der Waals surface area contributed by atoms with Gasteiger partial charge in [0.15, 0.2) is 11.5 Å². The highest BCUT2D eigenvalue weighted by molar-refractivity contribution is 7.99. The quantitative estimate of drug-likeness (QED) is 0.235. The van der Waals surface area contributed by atoms with Crippen LogP contribution in [0.15, 0.2) is 58.6 Å². The Morgan fingerprint density at radius 1 is 1.00 bits per heavy atom. The predicted octanol–water partition coefficient (Wildman–Crippen LogP) is 6.46. The summed E-state index contributed by atoms with van der Waals surface area (Å²) in [5, 5.41) is 1.69. The lowest BCUT2D eigenvalue weighted by atomic mass is 9.76. The molecule has 194 valence electrons. The smallest absolute Gasteiger partial charge is 0.157 e. The Labute approximate surface area is 231 Å². The van der Waals surface area contributed by atoms with Crippen molar-refractivity contribution in [1.82, 2.24) is 19.4 Å². The van der Waals surface area contributed by atoms with Crippen molar-refractivity contribution < 1.29 is 4.57 Å². The average Bonchev–Trinajstić information content (AvgIpc) is 3.58. The van der Waals surface area contributed by atoms with Gasteiger partial charge in [0.1, 0.15) is 18.3 Å².